The zero-order valence-electron chi connectivity index (χ0n) is 8.10. The first-order valence-electron chi connectivity index (χ1n) is 4.72. The highest BCUT2D eigenvalue weighted by molar-refractivity contribution is 6.31. The normalized spacial score (nSPS) is 20.9. The molecule has 4 heteroatoms. The number of benzene rings is 1. The van der Waals surface area contributed by atoms with Gasteiger partial charge in [-0.05, 0) is 24.6 Å². The van der Waals surface area contributed by atoms with Gasteiger partial charge in [-0.25, -0.2) is 0 Å². The van der Waals surface area contributed by atoms with Crippen LogP contribution in [0.4, 0.5) is 11.4 Å². The SMILES string of the molecule is CC1CNc2c(N)cc(Cl)cc2CN1. The van der Waals surface area contributed by atoms with Crippen molar-refractivity contribution < 1.29 is 0 Å². The summed E-state index contributed by atoms with van der Waals surface area (Å²) in [5.74, 6) is 0. The van der Waals surface area contributed by atoms with Gasteiger partial charge in [-0.3, -0.25) is 0 Å². The average Bonchev–Trinajstić information content (AvgIpc) is 2.28. The Labute approximate surface area is 88.6 Å². The standard InChI is InChI=1S/C10H14ClN3/c1-6-4-14-10-7(5-13-6)2-8(11)3-9(10)12/h2-3,6,13-14H,4-5,12H2,1H3. The van der Waals surface area contributed by atoms with Crippen LogP contribution in [0.3, 0.4) is 0 Å². The van der Waals surface area contributed by atoms with Gasteiger partial charge >= 0.3 is 0 Å². The lowest BCUT2D eigenvalue weighted by Gasteiger charge is -2.11. The minimum atomic E-state index is 0.445. The van der Waals surface area contributed by atoms with Gasteiger partial charge in [-0.2, -0.15) is 0 Å². The van der Waals surface area contributed by atoms with Crippen LogP contribution in [0.25, 0.3) is 0 Å². The van der Waals surface area contributed by atoms with Crippen LogP contribution in [0.2, 0.25) is 5.02 Å². The molecule has 1 aliphatic rings. The number of hydrogen-bond acceptors (Lipinski definition) is 3. The van der Waals surface area contributed by atoms with E-state index in [2.05, 4.69) is 17.6 Å². The molecule has 0 spiro atoms. The monoisotopic (exact) mass is 211 g/mol. The van der Waals surface area contributed by atoms with Crippen LogP contribution in [0.5, 0.6) is 0 Å². The Hall–Kier alpha value is -0.930. The van der Waals surface area contributed by atoms with E-state index in [4.69, 9.17) is 17.3 Å². The molecule has 0 bridgehead atoms. The van der Waals surface area contributed by atoms with Gasteiger partial charge in [0, 0.05) is 24.2 Å². The molecule has 76 valence electrons. The molecule has 0 aromatic heterocycles. The minimum absolute atomic E-state index is 0.445. The van der Waals surface area contributed by atoms with Gasteiger partial charge in [-0.15, -0.1) is 0 Å². The highest BCUT2D eigenvalue weighted by Gasteiger charge is 2.13. The van der Waals surface area contributed by atoms with Crippen LogP contribution in [-0.4, -0.2) is 12.6 Å². The van der Waals surface area contributed by atoms with Gasteiger partial charge in [0.25, 0.3) is 0 Å². The fourth-order valence-corrected chi connectivity index (χ4v) is 1.90. The molecular formula is C10H14ClN3. The van der Waals surface area contributed by atoms with Crippen LogP contribution in [-0.2, 0) is 6.54 Å². The summed E-state index contributed by atoms with van der Waals surface area (Å²) in [4.78, 5) is 0. The molecule has 0 radical (unpaired) electrons. The number of halogens is 1. The summed E-state index contributed by atoms with van der Waals surface area (Å²) in [6.07, 6.45) is 0. The largest absolute Gasteiger partial charge is 0.397 e. The second kappa shape index (κ2) is 3.67. The second-order valence-electron chi connectivity index (χ2n) is 3.69. The first kappa shape index (κ1) is 9.62. The minimum Gasteiger partial charge on any atom is -0.397 e. The zero-order valence-corrected chi connectivity index (χ0v) is 8.86. The molecule has 4 N–H and O–H groups in total. The summed E-state index contributed by atoms with van der Waals surface area (Å²) in [5, 5.41) is 7.40. The number of rotatable bonds is 0. The molecule has 0 fully saturated rings. The lowest BCUT2D eigenvalue weighted by Crippen LogP contribution is -2.29. The maximum atomic E-state index is 5.94. The third kappa shape index (κ3) is 1.79. The van der Waals surface area contributed by atoms with Crippen LogP contribution in [0, 0.1) is 0 Å². The highest BCUT2D eigenvalue weighted by atomic mass is 35.5. The molecule has 0 amide bonds. The molecule has 0 saturated heterocycles. The van der Waals surface area contributed by atoms with Crippen LogP contribution >= 0.6 is 11.6 Å². The Morgan fingerprint density at radius 1 is 1.50 bits per heavy atom. The molecular weight excluding hydrogens is 198 g/mol. The van der Waals surface area contributed by atoms with Crippen molar-refractivity contribution in [2.45, 2.75) is 19.5 Å². The van der Waals surface area contributed by atoms with Crippen molar-refractivity contribution in [2.24, 2.45) is 0 Å². The molecule has 1 heterocycles. The quantitative estimate of drug-likeness (QED) is 0.574. The third-order valence-electron chi connectivity index (χ3n) is 2.44. The zero-order chi connectivity index (χ0) is 10.1. The van der Waals surface area contributed by atoms with E-state index in [1.165, 1.54) is 0 Å². The Morgan fingerprint density at radius 3 is 3.07 bits per heavy atom. The van der Waals surface area contributed by atoms with E-state index in [-0.39, 0.29) is 0 Å². The number of nitrogen functional groups attached to an aromatic ring is 1. The second-order valence-corrected chi connectivity index (χ2v) is 4.13. The van der Waals surface area contributed by atoms with E-state index in [0.29, 0.717) is 11.1 Å². The predicted molar refractivity (Wildman–Crippen MR) is 60.7 cm³/mol. The smallest absolute Gasteiger partial charge is 0.0621 e. The van der Waals surface area contributed by atoms with Crippen molar-refractivity contribution in [2.75, 3.05) is 17.6 Å². The van der Waals surface area contributed by atoms with Gasteiger partial charge in [0.15, 0.2) is 0 Å². The summed E-state index contributed by atoms with van der Waals surface area (Å²) >= 11 is 5.94. The Bertz CT molecular complexity index is 351. The molecule has 1 aliphatic heterocycles. The van der Waals surface area contributed by atoms with Crippen molar-refractivity contribution in [3.05, 3.63) is 22.7 Å². The van der Waals surface area contributed by atoms with Gasteiger partial charge in [0.05, 0.1) is 11.4 Å². The summed E-state index contributed by atoms with van der Waals surface area (Å²) in [6, 6.07) is 4.18. The number of hydrogen-bond donors (Lipinski definition) is 3. The molecule has 1 aromatic carbocycles. The fourth-order valence-electron chi connectivity index (χ4n) is 1.65. The molecule has 1 aromatic rings. The summed E-state index contributed by atoms with van der Waals surface area (Å²) in [6.45, 7) is 3.84. The van der Waals surface area contributed by atoms with E-state index < -0.39 is 0 Å². The maximum absolute atomic E-state index is 5.94. The molecule has 3 nitrogen and oxygen atoms in total. The predicted octanol–water partition coefficient (Wildman–Crippen LogP) is 1.83. The van der Waals surface area contributed by atoms with E-state index in [9.17, 15) is 0 Å². The van der Waals surface area contributed by atoms with Gasteiger partial charge in [0.1, 0.15) is 0 Å². The van der Waals surface area contributed by atoms with Gasteiger partial charge in [0.2, 0.25) is 0 Å². The fraction of sp³-hybridized carbons (Fsp3) is 0.400. The Kier molecular flexibility index (Phi) is 2.52. The summed E-state index contributed by atoms with van der Waals surface area (Å²) in [7, 11) is 0. The summed E-state index contributed by atoms with van der Waals surface area (Å²) in [5.41, 5.74) is 8.77. The van der Waals surface area contributed by atoms with Crippen molar-refractivity contribution in [3.63, 3.8) is 0 Å². The Balaban J connectivity index is 2.40. The molecule has 14 heavy (non-hydrogen) atoms. The van der Waals surface area contributed by atoms with E-state index in [1.807, 2.05) is 6.07 Å². The first-order chi connectivity index (χ1) is 6.66. The van der Waals surface area contributed by atoms with Gasteiger partial charge < -0.3 is 16.4 Å². The highest BCUT2D eigenvalue weighted by Crippen LogP contribution is 2.29. The first-order valence-corrected chi connectivity index (χ1v) is 5.10. The molecule has 0 aliphatic carbocycles. The molecule has 2 rings (SSSR count). The van der Waals surface area contributed by atoms with Crippen LogP contribution in [0.15, 0.2) is 12.1 Å². The lowest BCUT2D eigenvalue weighted by molar-refractivity contribution is 0.581. The summed E-state index contributed by atoms with van der Waals surface area (Å²) < 4.78 is 0. The van der Waals surface area contributed by atoms with Crippen molar-refractivity contribution in [1.82, 2.24) is 5.32 Å². The van der Waals surface area contributed by atoms with Crippen LogP contribution in [0.1, 0.15) is 12.5 Å². The van der Waals surface area contributed by atoms with E-state index in [1.54, 1.807) is 6.07 Å². The molecule has 1 atom stereocenters. The number of anilines is 2. The van der Waals surface area contributed by atoms with Gasteiger partial charge in [-0.1, -0.05) is 11.6 Å². The number of fused-ring (bicyclic) bond motifs is 1. The topological polar surface area (TPSA) is 50.1 Å². The third-order valence-corrected chi connectivity index (χ3v) is 2.66. The maximum Gasteiger partial charge on any atom is 0.0621 e. The van der Waals surface area contributed by atoms with Crippen LogP contribution < -0.4 is 16.4 Å². The number of nitrogens with one attached hydrogen (secondary N) is 2. The molecule has 0 saturated carbocycles. The molecule has 1 unspecified atom stereocenters. The van der Waals surface area contributed by atoms with Crippen molar-refractivity contribution in [3.8, 4) is 0 Å². The van der Waals surface area contributed by atoms with E-state index in [0.717, 1.165) is 30.0 Å². The Morgan fingerprint density at radius 2 is 2.29 bits per heavy atom. The average molecular weight is 212 g/mol. The van der Waals surface area contributed by atoms with Crippen molar-refractivity contribution in [1.29, 1.82) is 0 Å². The van der Waals surface area contributed by atoms with Crippen molar-refractivity contribution >= 4 is 23.0 Å². The number of nitrogens with two attached hydrogens (primary N) is 1. The lowest BCUT2D eigenvalue weighted by atomic mass is 10.1. The van der Waals surface area contributed by atoms with E-state index >= 15 is 0 Å².